The Morgan fingerprint density at radius 2 is 2.05 bits per heavy atom. The highest BCUT2D eigenvalue weighted by atomic mass is 16.5. The van der Waals surface area contributed by atoms with E-state index in [2.05, 4.69) is 26.9 Å². The van der Waals surface area contributed by atoms with Crippen LogP contribution in [0.2, 0.25) is 0 Å². The van der Waals surface area contributed by atoms with Crippen molar-refractivity contribution in [3.8, 4) is 0 Å². The standard InChI is InChI=1S/C17H23N3O2/c21-17-12-22-16-11-19(8-14-4-6-18-7-5-14)10-15(16)20(17)9-13-2-1-3-13/h4-7,13,15-16H,1-3,8-12H2/t15-,16+/m1/s1. The van der Waals surface area contributed by atoms with E-state index < -0.39 is 0 Å². The Labute approximate surface area is 131 Å². The second kappa shape index (κ2) is 5.97. The lowest BCUT2D eigenvalue weighted by Crippen LogP contribution is -2.55. The Bertz CT molecular complexity index is 532. The van der Waals surface area contributed by atoms with Crippen LogP contribution in [0.1, 0.15) is 24.8 Å². The fraction of sp³-hybridized carbons (Fsp3) is 0.647. The molecule has 118 valence electrons. The number of nitrogens with zero attached hydrogens (tertiary/aromatic N) is 3. The first-order chi connectivity index (χ1) is 10.8. The van der Waals surface area contributed by atoms with Crippen molar-refractivity contribution in [2.24, 2.45) is 5.92 Å². The van der Waals surface area contributed by atoms with Gasteiger partial charge in [0.05, 0.1) is 12.1 Å². The molecule has 0 aromatic carbocycles. The highest BCUT2D eigenvalue weighted by Crippen LogP contribution is 2.31. The number of hydrogen-bond donors (Lipinski definition) is 0. The maximum Gasteiger partial charge on any atom is 0.248 e. The SMILES string of the molecule is O=C1CO[C@H]2CN(Cc3ccncc3)C[C@H]2N1CC1CCC1. The van der Waals surface area contributed by atoms with E-state index in [4.69, 9.17) is 4.74 Å². The van der Waals surface area contributed by atoms with Gasteiger partial charge in [-0.25, -0.2) is 0 Å². The van der Waals surface area contributed by atoms with E-state index in [1.54, 1.807) is 0 Å². The van der Waals surface area contributed by atoms with E-state index in [9.17, 15) is 4.79 Å². The Morgan fingerprint density at radius 1 is 1.23 bits per heavy atom. The number of morpholine rings is 1. The second-order valence-electron chi connectivity index (χ2n) is 6.81. The van der Waals surface area contributed by atoms with E-state index >= 15 is 0 Å². The van der Waals surface area contributed by atoms with E-state index in [0.29, 0.717) is 0 Å². The third-order valence-corrected chi connectivity index (χ3v) is 5.29. The fourth-order valence-electron chi connectivity index (χ4n) is 3.81. The van der Waals surface area contributed by atoms with Crippen molar-refractivity contribution in [2.75, 3.05) is 26.2 Å². The Kier molecular flexibility index (Phi) is 3.84. The summed E-state index contributed by atoms with van der Waals surface area (Å²) in [5.41, 5.74) is 1.27. The Hall–Kier alpha value is -1.46. The lowest BCUT2D eigenvalue weighted by Gasteiger charge is -2.40. The van der Waals surface area contributed by atoms with Crippen LogP contribution in [0.15, 0.2) is 24.5 Å². The van der Waals surface area contributed by atoms with Gasteiger partial charge in [0.15, 0.2) is 0 Å². The summed E-state index contributed by atoms with van der Waals surface area (Å²) in [5, 5.41) is 0. The summed E-state index contributed by atoms with van der Waals surface area (Å²) in [6.07, 6.45) is 7.74. The first-order valence-corrected chi connectivity index (χ1v) is 8.32. The smallest absolute Gasteiger partial charge is 0.248 e. The highest BCUT2D eigenvalue weighted by Gasteiger charge is 2.43. The molecule has 4 rings (SSSR count). The van der Waals surface area contributed by atoms with Gasteiger partial charge in [-0.3, -0.25) is 14.7 Å². The molecule has 0 unspecified atom stereocenters. The summed E-state index contributed by atoms with van der Waals surface area (Å²) in [6, 6.07) is 4.35. The van der Waals surface area contributed by atoms with Gasteiger partial charge in [-0.2, -0.15) is 0 Å². The van der Waals surface area contributed by atoms with Gasteiger partial charge in [-0.15, -0.1) is 0 Å². The minimum atomic E-state index is 0.180. The number of amides is 1. The number of fused-ring (bicyclic) bond motifs is 1. The zero-order valence-corrected chi connectivity index (χ0v) is 12.9. The first-order valence-electron chi connectivity index (χ1n) is 8.32. The minimum Gasteiger partial charge on any atom is -0.365 e. The van der Waals surface area contributed by atoms with Crippen LogP contribution in [0, 0.1) is 5.92 Å². The molecule has 5 heteroatoms. The lowest BCUT2D eigenvalue weighted by molar-refractivity contribution is -0.154. The zero-order valence-electron chi connectivity index (χ0n) is 12.9. The summed E-state index contributed by atoms with van der Waals surface area (Å²) in [5.74, 6) is 0.899. The third-order valence-electron chi connectivity index (χ3n) is 5.29. The Balaban J connectivity index is 1.42. The molecule has 2 saturated heterocycles. The summed E-state index contributed by atoms with van der Waals surface area (Å²) in [4.78, 5) is 20.8. The molecule has 1 aromatic heterocycles. The van der Waals surface area contributed by atoms with E-state index in [1.807, 2.05) is 12.4 Å². The summed E-state index contributed by atoms with van der Waals surface area (Å²) in [7, 11) is 0. The number of likely N-dealkylation sites (tertiary alicyclic amines) is 1. The molecule has 2 atom stereocenters. The molecule has 0 N–H and O–H groups in total. The second-order valence-corrected chi connectivity index (χ2v) is 6.81. The molecular weight excluding hydrogens is 278 g/mol. The van der Waals surface area contributed by atoms with Crippen molar-refractivity contribution in [1.29, 1.82) is 0 Å². The van der Waals surface area contributed by atoms with Gasteiger partial charge in [0.2, 0.25) is 5.91 Å². The number of pyridine rings is 1. The third kappa shape index (κ3) is 2.75. The quantitative estimate of drug-likeness (QED) is 0.841. The van der Waals surface area contributed by atoms with Crippen LogP contribution >= 0.6 is 0 Å². The predicted molar refractivity (Wildman–Crippen MR) is 82.1 cm³/mol. The van der Waals surface area contributed by atoms with Crippen LogP contribution in [0.4, 0.5) is 0 Å². The van der Waals surface area contributed by atoms with Crippen LogP contribution in [0.25, 0.3) is 0 Å². The van der Waals surface area contributed by atoms with Crippen molar-refractivity contribution in [1.82, 2.24) is 14.8 Å². The van der Waals surface area contributed by atoms with Crippen molar-refractivity contribution < 1.29 is 9.53 Å². The zero-order chi connectivity index (χ0) is 14.9. The van der Waals surface area contributed by atoms with Crippen LogP contribution in [-0.2, 0) is 16.1 Å². The molecule has 3 aliphatic rings. The van der Waals surface area contributed by atoms with E-state index in [0.717, 1.165) is 32.1 Å². The Morgan fingerprint density at radius 3 is 2.77 bits per heavy atom. The highest BCUT2D eigenvalue weighted by molar-refractivity contribution is 5.78. The summed E-state index contributed by atoms with van der Waals surface area (Å²) < 4.78 is 5.80. The number of rotatable bonds is 4. The molecule has 0 bridgehead atoms. The van der Waals surface area contributed by atoms with Crippen molar-refractivity contribution >= 4 is 5.91 Å². The van der Waals surface area contributed by atoms with Crippen molar-refractivity contribution in [3.63, 3.8) is 0 Å². The molecule has 2 aliphatic heterocycles. The van der Waals surface area contributed by atoms with Gasteiger partial charge < -0.3 is 9.64 Å². The first kappa shape index (κ1) is 14.2. The van der Waals surface area contributed by atoms with Gasteiger partial charge in [0.1, 0.15) is 6.61 Å². The number of aromatic nitrogens is 1. The molecule has 5 nitrogen and oxygen atoms in total. The largest absolute Gasteiger partial charge is 0.365 e. The monoisotopic (exact) mass is 301 g/mol. The number of carbonyl (C=O) groups is 1. The number of carbonyl (C=O) groups excluding carboxylic acids is 1. The fourth-order valence-corrected chi connectivity index (χ4v) is 3.81. The summed E-state index contributed by atoms with van der Waals surface area (Å²) in [6.45, 7) is 3.95. The van der Waals surface area contributed by atoms with Crippen LogP contribution in [-0.4, -0.2) is 59.1 Å². The van der Waals surface area contributed by atoms with Crippen LogP contribution in [0.5, 0.6) is 0 Å². The average Bonchev–Trinajstić information content (AvgIpc) is 2.88. The minimum absolute atomic E-state index is 0.180. The average molecular weight is 301 g/mol. The molecule has 0 radical (unpaired) electrons. The molecule has 1 amide bonds. The molecule has 22 heavy (non-hydrogen) atoms. The summed E-state index contributed by atoms with van der Waals surface area (Å²) >= 11 is 0. The van der Waals surface area contributed by atoms with Gasteiger partial charge >= 0.3 is 0 Å². The molecule has 3 heterocycles. The van der Waals surface area contributed by atoms with E-state index in [1.165, 1.54) is 24.8 Å². The van der Waals surface area contributed by atoms with Gasteiger partial charge in [0.25, 0.3) is 0 Å². The molecule has 0 spiro atoms. The van der Waals surface area contributed by atoms with Gasteiger partial charge in [-0.05, 0) is 36.5 Å². The molecule has 1 saturated carbocycles. The number of hydrogen-bond acceptors (Lipinski definition) is 4. The van der Waals surface area contributed by atoms with Crippen LogP contribution < -0.4 is 0 Å². The van der Waals surface area contributed by atoms with Crippen molar-refractivity contribution in [2.45, 2.75) is 38.0 Å². The number of ether oxygens (including phenoxy) is 1. The predicted octanol–water partition coefficient (Wildman–Crippen LogP) is 1.29. The molecule has 1 aliphatic carbocycles. The lowest BCUT2D eigenvalue weighted by atomic mass is 9.84. The normalized spacial score (nSPS) is 29.5. The van der Waals surface area contributed by atoms with Gasteiger partial charge in [0, 0.05) is 38.6 Å². The van der Waals surface area contributed by atoms with Crippen molar-refractivity contribution in [3.05, 3.63) is 30.1 Å². The topological polar surface area (TPSA) is 45.7 Å². The maximum absolute atomic E-state index is 12.3. The van der Waals surface area contributed by atoms with Crippen LogP contribution in [0.3, 0.4) is 0 Å². The maximum atomic E-state index is 12.3. The molecule has 3 fully saturated rings. The molecular formula is C17H23N3O2. The van der Waals surface area contributed by atoms with Gasteiger partial charge in [-0.1, -0.05) is 6.42 Å². The molecule has 1 aromatic rings. The van der Waals surface area contributed by atoms with E-state index in [-0.39, 0.29) is 24.7 Å².